The fourth-order valence-electron chi connectivity index (χ4n) is 0.890. The maximum Gasteiger partial charge on any atom is 0.168 e. The Balaban J connectivity index is 2.43. The van der Waals surface area contributed by atoms with Crippen molar-refractivity contribution in [2.75, 3.05) is 6.61 Å². The van der Waals surface area contributed by atoms with Gasteiger partial charge in [0.05, 0.1) is 12.8 Å². The van der Waals surface area contributed by atoms with Gasteiger partial charge in [-0.1, -0.05) is 5.57 Å². The summed E-state index contributed by atoms with van der Waals surface area (Å²) in [7, 11) is 0. The van der Waals surface area contributed by atoms with Crippen molar-refractivity contribution in [1.29, 1.82) is 0 Å². The van der Waals surface area contributed by atoms with Crippen LogP contribution in [0.2, 0.25) is 0 Å². The van der Waals surface area contributed by atoms with Crippen LogP contribution in [0, 0.1) is 0 Å². The van der Waals surface area contributed by atoms with Gasteiger partial charge in [0.1, 0.15) is 11.4 Å². The average Bonchev–Trinajstić information content (AvgIpc) is 2.18. The van der Waals surface area contributed by atoms with Crippen molar-refractivity contribution in [2.24, 2.45) is 0 Å². The molecule has 3 nitrogen and oxygen atoms in total. The second-order valence-electron chi connectivity index (χ2n) is 3.09. The molecule has 0 unspecified atom stereocenters. The Hall–Kier alpha value is -1.64. The van der Waals surface area contributed by atoms with E-state index in [-0.39, 0.29) is 0 Å². The standard InChI is InChI=1S/C11H13NO2/c1-9(2)5-6-14-11-4-3-10(8-13)12-7-11/h3-4,7-8H,1,5-6H2,2H3. The third-order valence-corrected chi connectivity index (χ3v) is 1.68. The summed E-state index contributed by atoms with van der Waals surface area (Å²) in [5.41, 5.74) is 1.50. The Bertz CT molecular complexity index is 317. The predicted molar refractivity (Wildman–Crippen MR) is 54.6 cm³/mol. The molecule has 0 bridgehead atoms. The van der Waals surface area contributed by atoms with Crippen molar-refractivity contribution >= 4 is 6.29 Å². The van der Waals surface area contributed by atoms with Crippen molar-refractivity contribution in [1.82, 2.24) is 4.98 Å². The molecule has 0 amide bonds. The lowest BCUT2D eigenvalue weighted by molar-refractivity contribution is 0.111. The molecule has 0 aromatic carbocycles. The first kappa shape index (κ1) is 10.4. The Labute approximate surface area is 83.4 Å². The third-order valence-electron chi connectivity index (χ3n) is 1.68. The van der Waals surface area contributed by atoms with Crippen molar-refractivity contribution < 1.29 is 9.53 Å². The fourth-order valence-corrected chi connectivity index (χ4v) is 0.890. The molecule has 1 heterocycles. The Morgan fingerprint density at radius 2 is 2.43 bits per heavy atom. The number of rotatable bonds is 5. The SMILES string of the molecule is C=C(C)CCOc1ccc(C=O)nc1. The molecule has 14 heavy (non-hydrogen) atoms. The average molecular weight is 191 g/mol. The summed E-state index contributed by atoms with van der Waals surface area (Å²) in [6, 6.07) is 3.36. The van der Waals surface area contributed by atoms with Gasteiger partial charge >= 0.3 is 0 Å². The van der Waals surface area contributed by atoms with E-state index in [9.17, 15) is 4.79 Å². The molecule has 0 saturated heterocycles. The van der Waals surface area contributed by atoms with Gasteiger partial charge in [-0.3, -0.25) is 4.79 Å². The van der Waals surface area contributed by atoms with E-state index in [4.69, 9.17) is 4.74 Å². The van der Waals surface area contributed by atoms with E-state index in [1.165, 1.54) is 0 Å². The lowest BCUT2D eigenvalue weighted by Crippen LogP contribution is -1.98. The minimum absolute atomic E-state index is 0.414. The highest BCUT2D eigenvalue weighted by molar-refractivity contribution is 5.71. The van der Waals surface area contributed by atoms with E-state index in [0.717, 1.165) is 12.0 Å². The summed E-state index contributed by atoms with van der Waals surface area (Å²) in [5.74, 6) is 0.678. The van der Waals surface area contributed by atoms with Crippen molar-refractivity contribution in [3.05, 3.63) is 36.2 Å². The van der Waals surface area contributed by atoms with Gasteiger partial charge in [0.2, 0.25) is 0 Å². The third kappa shape index (κ3) is 3.39. The number of aldehydes is 1. The smallest absolute Gasteiger partial charge is 0.168 e. The Morgan fingerprint density at radius 3 is 2.93 bits per heavy atom. The van der Waals surface area contributed by atoms with Crippen molar-refractivity contribution in [2.45, 2.75) is 13.3 Å². The molecule has 1 aromatic rings. The van der Waals surface area contributed by atoms with Crippen LogP contribution in [0.1, 0.15) is 23.8 Å². The fraction of sp³-hybridized carbons (Fsp3) is 0.273. The summed E-state index contributed by atoms with van der Waals surface area (Å²) >= 11 is 0. The zero-order valence-corrected chi connectivity index (χ0v) is 8.19. The number of pyridine rings is 1. The van der Waals surface area contributed by atoms with Crippen LogP contribution in [0.4, 0.5) is 0 Å². The van der Waals surface area contributed by atoms with E-state index < -0.39 is 0 Å². The number of carbonyl (C=O) groups excluding carboxylic acids is 1. The predicted octanol–water partition coefficient (Wildman–Crippen LogP) is 2.24. The van der Waals surface area contributed by atoms with Gasteiger partial charge in [0, 0.05) is 6.42 Å². The van der Waals surface area contributed by atoms with Gasteiger partial charge in [-0.05, 0) is 19.1 Å². The zero-order chi connectivity index (χ0) is 10.4. The molecule has 74 valence electrons. The molecule has 0 aliphatic rings. The first-order chi connectivity index (χ1) is 6.72. The van der Waals surface area contributed by atoms with Crippen LogP contribution in [-0.4, -0.2) is 17.9 Å². The quantitative estimate of drug-likeness (QED) is 0.529. The van der Waals surface area contributed by atoms with Crippen molar-refractivity contribution in [3.8, 4) is 5.75 Å². The normalized spacial score (nSPS) is 9.50. The maximum atomic E-state index is 10.3. The van der Waals surface area contributed by atoms with Crippen LogP contribution in [0.25, 0.3) is 0 Å². The first-order valence-corrected chi connectivity index (χ1v) is 4.41. The Morgan fingerprint density at radius 1 is 1.64 bits per heavy atom. The molecule has 0 aliphatic carbocycles. The van der Waals surface area contributed by atoms with Crippen LogP contribution < -0.4 is 4.74 Å². The Kier molecular flexibility index (Phi) is 3.85. The molecule has 0 atom stereocenters. The molecule has 1 rings (SSSR count). The molecular weight excluding hydrogens is 178 g/mol. The van der Waals surface area contributed by atoms with Gasteiger partial charge in [-0.2, -0.15) is 0 Å². The summed E-state index contributed by atoms with van der Waals surface area (Å²) in [6.07, 6.45) is 3.08. The van der Waals surface area contributed by atoms with Gasteiger partial charge in [-0.15, -0.1) is 6.58 Å². The molecule has 0 saturated carbocycles. The molecule has 3 heteroatoms. The number of ether oxygens (including phenoxy) is 1. The summed E-state index contributed by atoms with van der Waals surface area (Å²) in [6.45, 7) is 6.32. The molecule has 0 radical (unpaired) electrons. The monoisotopic (exact) mass is 191 g/mol. The van der Waals surface area contributed by atoms with E-state index in [1.807, 2.05) is 6.92 Å². The molecule has 0 aliphatic heterocycles. The maximum absolute atomic E-state index is 10.3. The second-order valence-corrected chi connectivity index (χ2v) is 3.09. The van der Waals surface area contributed by atoms with Crippen molar-refractivity contribution in [3.63, 3.8) is 0 Å². The highest BCUT2D eigenvalue weighted by Crippen LogP contribution is 2.09. The van der Waals surface area contributed by atoms with Crippen LogP contribution >= 0.6 is 0 Å². The minimum Gasteiger partial charge on any atom is -0.492 e. The van der Waals surface area contributed by atoms with E-state index in [1.54, 1.807) is 18.3 Å². The molecule has 0 N–H and O–H groups in total. The van der Waals surface area contributed by atoms with Gasteiger partial charge in [-0.25, -0.2) is 4.98 Å². The lowest BCUT2D eigenvalue weighted by Gasteiger charge is -2.04. The van der Waals surface area contributed by atoms with Gasteiger partial charge in [0.25, 0.3) is 0 Å². The molecule has 0 spiro atoms. The number of aromatic nitrogens is 1. The van der Waals surface area contributed by atoms with Crippen LogP contribution in [0.15, 0.2) is 30.5 Å². The van der Waals surface area contributed by atoms with Gasteiger partial charge in [0.15, 0.2) is 6.29 Å². The van der Waals surface area contributed by atoms with Crippen LogP contribution in [0.3, 0.4) is 0 Å². The number of hydrogen-bond donors (Lipinski definition) is 0. The summed E-state index contributed by atoms with van der Waals surface area (Å²) < 4.78 is 5.38. The minimum atomic E-state index is 0.414. The highest BCUT2D eigenvalue weighted by Gasteiger charge is 1.95. The first-order valence-electron chi connectivity index (χ1n) is 4.41. The number of nitrogens with zero attached hydrogens (tertiary/aromatic N) is 1. The molecular formula is C11H13NO2. The van der Waals surface area contributed by atoms with E-state index in [2.05, 4.69) is 11.6 Å². The zero-order valence-electron chi connectivity index (χ0n) is 8.19. The summed E-state index contributed by atoms with van der Waals surface area (Å²) in [5, 5.41) is 0. The highest BCUT2D eigenvalue weighted by atomic mass is 16.5. The number of hydrogen-bond acceptors (Lipinski definition) is 3. The van der Waals surface area contributed by atoms with Gasteiger partial charge < -0.3 is 4.74 Å². The topological polar surface area (TPSA) is 39.2 Å². The van der Waals surface area contributed by atoms with Crippen LogP contribution in [0.5, 0.6) is 5.75 Å². The largest absolute Gasteiger partial charge is 0.492 e. The number of carbonyl (C=O) groups is 1. The van der Waals surface area contributed by atoms with E-state index in [0.29, 0.717) is 24.3 Å². The molecule has 1 aromatic heterocycles. The van der Waals surface area contributed by atoms with E-state index >= 15 is 0 Å². The van der Waals surface area contributed by atoms with Crippen LogP contribution in [-0.2, 0) is 0 Å². The summed E-state index contributed by atoms with van der Waals surface area (Å²) in [4.78, 5) is 14.2. The lowest BCUT2D eigenvalue weighted by atomic mass is 10.3. The second kappa shape index (κ2) is 5.17. The molecule has 0 fully saturated rings.